The van der Waals surface area contributed by atoms with Gasteiger partial charge in [-0.1, -0.05) is 67.6 Å². The molecule has 4 aliphatic rings. The smallest absolute Gasteiger partial charge is 0.422 e. The van der Waals surface area contributed by atoms with E-state index in [4.69, 9.17) is 14.2 Å². The maximum atomic E-state index is 13.9. The summed E-state index contributed by atoms with van der Waals surface area (Å²) < 4.78 is 56.8. The van der Waals surface area contributed by atoms with Crippen LogP contribution in [0.25, 0.3) is 0 Å². The molecule has 2 aromatic carbocycles. The lowest BCUT2D eigenvalue weighted by Gasteiger charge is -2.55. The summed E-state index contributed by atoms with van der Waals surface area (Å²) in [5.41, 5.74) is 2.29. The first-order chi connectivity index (χ1) is 23.7. The van der Waals surface area contributed by atoms with Crippen LogP contribution in [0.1, 0.15) is 60.5 Å². The minimum absolute atomic E-state index is 0. The van der Waals surface area contributed by atoms with Crippen molar-refractivity contribution in [2.45, 2.75) is 62.8 Å². The Hall–Kier alpha value is -3.16. The van der Waals surface area contributed by atoms with E-state index in [9.17, 15) is 18.0 Å². The Labute approximate surface area is 309 Å². The molecule has 51 heavy (non-hydrogen) atoms. The van der Waals surface area contributed by atoms with Crippen LogP contribution in [0.3, 0.4) is 0 Å². The Kier molecular flexibility index (Phi) is 12.4. The van der Waals surface area contributed by atoms with Crippen molar-refractivity contribution in [2.24, 2.45) is 5.41 Å². The number of ether oxygens (including phenoxy) is 3. The highest BCUT2D eigenvalue weighted by atomic mass is 35.5. The van der Waals surface area contributed by atoms with E-state index in [-0.39, 0.29) is 72.9 Å². The van der Waals surface area contributed by atoms with Gasteiger partial charge in [0.25, 0.3) is 0 Å². The quantitative estimate of drug-likeness (QED) is 0.233. The summed E-state index contributed by atoms with van der Waals surface area (Å²) in [7, 11) is 1.48. The summed E-state index contributed by atoms with van der Waals surface area (Å²) in [6.45, 7) is 4.84. The Balaban J connectivity index is 0.00000252. The molecule has 1 aromatic heterocycles. The zero-order chi connectivity index (χ0) is 34.2. The van der Waals surface area contributed by atoms with Crippen molar-refractivity contribution in [1.29, 1.82) is 0 Å². The summed E-state index contributed by atoms with van der Waals surface area (Å²) >= 11 is 0. The lowest BCUT2D eigenvalue weighted by Crippen LogP contribution is -2.69. The maximum Gasteiger partial charge on any atom is 0.422 e. The lowest BCUT2D eigenvalue weighted by molar-refractivity contribution is -0.177. The van der Waals surface area contributed by atoms with Crippen LogP contribution in [0.2, 0.25) is 0 Å². The van der Waals surface area contributed by atoms with E-state index in [0.717, 1.165) is 19.3 Å². The van der Waals surface area contributed by atoms with Gasteiger partial charge in [-0.3, -0.25) is 14.6 Å². The molecule has 14 heteroatoms. The number of benzene rings is 2. The van der Waals surface area contributed by atoms with Gasteiger partial charge in [0.05, 0.1) is 31.3 Å². The Morgan fingerprint density at radius 1 is 0.941 bits per heavy atom. The molecule has 0 N–H and O–H groups in total. The molecule has 1 amide bonds. The molecule has 0 bridgehead atoms. The number of aromatic nitrogens is 2. The number of nitrogens with zero attached hydrogens (tertiary/aromatic N) is 5. The third-order valence-electron chi connectivity index (χ3n) is 10.6. The number of carbonyl (C=O) groups excluding carboxylic acids is 1. The van der Waals surface area contributed by atoms with Crippen molar-refractivity contribution < 1.29 is 32.2 Å². The summed E-state index contributed by atoms with van der Waals surface area (Å²) in [6.07, 6.45) is -2.03. The zero-order valence-electron chi connectivity index (χ0n) is 28.9. The fraction of sp³-hybridized carbons (Fsp3) is 0.541. The number of piperazine rings is 2. The minimum Gasteiger partial charge on any atom is -0.481 e. The largest absolute Gasteiger partial charge is 0.481 e. The lowest BCUT2D eigenvalue weighted by atomic mass is 9.80. The maximum absolute atomic E-state index is 13.9. The number of fused-ring (bicyclic) bond motifs is 1. The summed E-state index contributed by atoms with van der Waals surface area (Å²) in [5.74, 6) is 0.869. The Morgan fingerprint density at radius 2 is 1.57 bits per heavy atom. The van der Waals surface area contributed by atoms with Crippen LogP contribution in [0.4, 0.5) is 13.2 Å². The standard InChI is InChI=1S/C37H44F3N5O4.2ClH/c1-3-36(22-48-23-36)35(46)44-16-17-45-28(19-44)18-43(21-30(45)31(25-10-6-4-7-11-25)26-12-8-5-9-13-26)20-29-33(47-2)41-32(27-14-15-27)42-34(29)49-24-37(38,39)40;;/h4-13,27-28,30-31H,3,14-24H2,1-2H3;2*1H/t28-,30+;;/m1../s1. The van der Waals surface area contributed by atoms with Crippen LogP contribution < -0.4 is 9.47 Å². The average Bonchev–Trinajstić information content (AvgIpc) is 3.94. The van der Waals surface area contributed by atoms with Crippen LogP contribution >= 0.6 is 24.8 Å². The van der Waals surface area contributed by atoms with E-state index >= 15 is 0 Å². The molecule has 0 radical (unpaired) electrons. The molecular weight excluding hydrogens is 706 g/mol. The highest BCUT2D eigenvalue weighted by Crippen LogP contribution is 2.42. The molecule has 3 aromatic rings. The number of hydrogen-bond donors (Lipinski definition) is 0. The molecule has 3 aliphatic heterocycles. The number of alkyl halides is 3. The predicted octanol–water partition coefficient (Wildman–Crippen LogP) is 6.10. The first-order valence-electron chi connectivity index (χ1n) is 17.3. The van der Waals surface area contributed by atoms with Crippen LogP contribution in [0.5, 0.6) is 11.8 Å². The molecule has 1 aliphatic carbocycles. The van der Waals surface area contributed by atoms with E-state index in [0.29, 0.717) is 57.3 Å². The van der Waals surface area contributed by atoms with Gasteiger partial charge in [-0.05, 0) is 30.4 Å². The van der Waals surface area contributed by atoms with Crippen LogP contribution in [-0.2, 0) is 16.1 Å². The fourth-order valence-electron chi connectivity index (χ4n) is 7.72. The number of hydrogen-bond acceptors (Lipinski definition) is 8. The first kappa shape index (κ1) is 39.1. The van der Waals surface area contributed by atoms with Crippen molar-refractivity contribution in [1.82, 2.24) is 24.7 Å². The van der Waals surface area contributed by atoms with Crippen LogP contribution in [-0.4, -0.2) is 108 Å². The number of amides is 1. The van der Waals surface area contributed by atoms with E-state index in [2.05, 4.69) is 68.3 Å². The summed E-state index contributed by atoms with van der Waals surface area (Å²) in [5, 5.41) is 0. The van der Waals surface area contributed by atoms with Gasteiger partial charge >= 0.3 is 6.18 Å². The third kappa shape index (κ3) is 8.41. The fourth-order valence-corrected chi connectivity index (χ4v) is 7.72. The van der Waals surface area contributed by atoms with Gasteiger partial charge in [0.2, 0.25) is 17.7 Å². The van der Waals surface area contributed by atoms with Gasteiger partial charge in [-0.25, -0.2) is 0 Å². The zero-order valence-corrected chi connectivity index (χ0v) is 30.5. The highest BCUT2D eigenvalue weighted by molar-refractivity contribution is 5.85. The summed E-state index contributed by atoms with van der Waals surface area (Å²) in [4.78, 5) is 29.8. The first-order valence-corrected chi connectivity index (χ1v) is 17.3. The van der Waals surface area contributed by atoms with Crippen molar-refractivity contribution in [3.63, 3.8) is 0 Å². The molecule has 278 valence electrons. The molecule has 4 fully saturated rings. The second-order valence-electron chi connectivity index (χ2n) is 13.9. The highest BCUT2D eigenvalue weighted by Gasteiger charge is 2.50. The van der Waals surface area contributed by atoms with E-state index in [1.165, 1.54) is 18.2 Å². The molecule has 1 saturated carbocycles. The van der Waals surface area contributed by atoms with E-state index < -0.39 is 18.2 Å². The second kappa shape index (κ2) is 16.2. The monoisotopic (exact) mass is 751 g/mol. The topological polar surface area (TPSA) is 80.3 Å². The minimum atomic E-state index is -4.52. The number of methoxy groups -OCH3 is 1. The van der Waals surface area contributed by atoms with Gasteiger partial charge in [0.15, 0.2) is 6.61 Å². The average molecular weight is 753 g/mol. The van der Waals surface area contributed by atoms with Crippen molar-refractivity contribution in [3.8, 4) is 11.8 Å². The van der Waals surface area contributed by atoms with Gasteiger partial charge in [0, 0.05) is 63.2 Å². The second-order valence-corrected chi connectivity index (χ2v) is 13.9. The van der Waals surface area contributed by atoms with Crippen LogP contribution in [0, 0.1) is 5.41 Å². The van der Waals surface area contributed by atoms with Gasteiger partial charge < -0.3 is 19.1 Å². The molecule has 7 rings (SSSR count). The van der Waals surface area contributed by atoms with Crippen molar-refractivity contribution >= 4 is 30.7 Å². The molecule has 4 heterocycles. The molecule has 0 spiro atoms. The van der Waals surface area contributed by atoms with Crippen molar-refractivity contribution in [2.75, 3.05) is 59.7 Å². The van der Waals surface area contributed by atoms with Crippen LogP contribution in [0.15, 0.2) is 60.7 Å². The van der Waals surface area contributed by atoms with Gasteiger partial charge in [-0.15, -0.1) is 24.8 Å². The number of halogens is 5. The van der Waals surface area contributed by atoms with E-state index in [1.54, 1.807) is 0 Å². The van der Waals surface area contributed by atoms with Gasteiger partial charge in [0.1, 0.15) is 5.82 Å². The Morgan fingerprint density at radius 3 is 2.10 bits per heavy atom. The third-order valence-corrected chi connectivity index (χ3v) is 10.6. The number of rotatable bonds is 11. The van der Waals surface area contributed by atoms with Gasteiger partial charge in [-0.2, -0.15) is 23.1 Å². The number of carbonyl (C=O) groups is 1. The molecular formula is C37H46Cl2F3N5O4. The van der Waals surface area contributed by atoms with E-state index in [1.807, 2.05) is 24.0 Å². The molecule has 0 unspecified atom stereocenters. The normalized spacial score (nSPS) is 21.9. The molecule has 9 nitrogen and oxygen atoms in total. The Bertz CT molecular complexity index is 1570. The van der Waals surface area contributed by atoms with Crippen molar-refractivity contribution in [3.05, 3.63) is 83.2 Å². The predicted molar refractivity (Wildman–Crippen MR) is 191 cm³/mol. The summed E-state index contributed by atoms with van der Waals surface area (Å²) in [6, 6.07) is 20.9. The molecule has 2 atom stereocenters. The molecule has 3 saturated heterocycles. The SMILES string of the molecule is CCC1(C(=O)N2CCN3[C@H](CN(Cc4c(OC)nc(C5CC5)nc4OCC(F)(F)F)C[C@H]3C(c3ccccc3)c3ccccc3)C2)COC1.Cl.Cl.